The number of hydrogen-bond donors (Lipinski definition) is 0. The molecule has 86 valence electrons. The summed E-state index contributed by atoms with van der Waals surface area (Å²) < 4.78 is 10.4. The fraction of sp³-hybridized carbons (Fsp3) is 0.167. The molecule has 0 bridgehead atoms. The lowest BCUT2D eigenvalue weighted by molar-refractivity contribution is 0.397. The minimum Gasteiger partial charge on any atom is -0.495 e. The van der Waals surface area contributed by atoms with Crippen molar-refractivity contribution in [2.45, 2.75) is 0 Å². The molecule has 0 aliphatic carbocycles. The van der Waals surface area contributed by atoms with Crippen molar-refractivity contribution >= 4 is 22.5 Å². The molecule has 1 aromatic heterocycles. The van der Waals surface area contributed by atoms with Gasteiger partial charge in [-0.05, 0) is 12.1 Å². The van der Waals surface area contributed by atoms with Gasteiger partial charge in [-0.3, -0.25) is 0 Å². The maximum absolute atomic E-state index is 8.82. The van der Waals surface area contributed by atoms with Crippen LogP contribution in [0.5, 0.6) is 11.5 Å². The van der Waals surface area contributed by atoms with Gasteiger partial charge < -0.3 is 9.47 Å². The van der Waals surface area contributed by atoms with Crippen LogP contribution in [-0.2, 0) is 0 Å². The highest BCUT2D eigenvalue weighted by molar-refractivity contribution is 6.37. The topological polar surface area (TPSA) is 55.1 Å². The molecule has 0 radical (unpaired) electrons. The van der Waals surface area contributed by atoms with E-state index in [9.17, 15) is 0 Å². The largest absolute Gasteiger partial charge is 0.495 e. The summed E-state index contributed by atoms with van der Waals surface area (Å²) in [6.45, 7) is 0. The fourth-order valence-electron chi connectivity index (χ4n) is 1.57. The first-order valence-corrected chi connectivity index (χ1v) is 5.20. The van der Waals surface area contributed by atoms with Gasteiger partial charge in [0.2, 0.25) is 0 Å². The molecule has 0 spiro atoms. The lowest BCUT2D eigenvalue weighted by Gasteiger charge is -2.10. The zero-order valence-corrected chi connectivity index (χ0v) is 10.1. The number of benzene rings is 1. The first kappa shape index (κ1) is 11.5. The Balaban J connectivity index is 2.85. The number of hydrogen-bond acceptors (Lipinski definition) is 4. The second-order valence-corrected chi connectivity index (χ2v) is 3.68. The van der Waals surface area contributed by atoms with Crippen molar-refractivity contribution in [3.05, 3.63) is 28.9 Å². The zero-order chi connectivity index (χ0) is 12.4. The van der Waals surface area contributed by atoms with Crippen molar-refractivity contribution < 1.29 is 9.47 Å². The third kappa shape index (κ3) is 1.85. The number of pyridine rings is 1. The van der Waals surface area contributed by atoms with Crippen LogP contribution in [0.1, 0.15) is 5.69 Å². The average molecular weight is 249 g/mol. The Morgan fingerprint density at radius 3 is 2.53 bits per heavy atom. The molecule has 0 atom stereocenters. The van der Waals surface area contributed by atoms with Gasteiger partial charge in [0.05, 0.1) is 19.2 Å². The quantitative estimate of drug-likeness (QED) is 0.820. The molecule has 1 heterocycles. The molecule has 4 nitrogen and oxygen atoms in total. The maximum Gasteiger partial charge on any atom is 0.148 e. The molecule has 0 fully saturated rings. The van der Waals surface area contributed by atoms with E-state index in [4.69, 9.17) is 26.3 Å². The summed E-state index contributed by atoms with van der Waals surface area (Å²) in [5, 5.41) is 9.97. The smallest absolute Gasteiger partial charge is 0.148 e. The Labute approximate surface area is 103 Å². The lowest BCUT2D eigenvalue weighted by Crippen LogP contribution is -1.93. The summed E-state index contributed by atoms with van der Waals surface area (Å²) in [5.41, 5.74) is 0.870. The Kier molecular flexibility index (Phi) is 3.03. The molecule has 17 heavy (non-hydrogen) atoms. The van der Waals surface area contributed by atoms with Crippen molar-refractivity contribution in [3.8, 4) is 17.6 Å². The lowest BCUT2D eigenvalue weighted by atomic mass is 10.1. The number of nitrogens with zero attached hydrogens (tertiary/aromatic N) is 2. The van der Waals surface area contributed by atoms with E-state index in [0.717, 1.165) is 0 Å². The third-order valence-electron chi connectivity index (χ3n) is 2.40. The molecule has 2 rings (SSSR count). The summed E-state index contributed by atoms with van der Waals surface area (Å²) in [5.74, 6) is 1.04. The van der Waals surface area contributed by atoms with Crippen molar-refractivity contribution in [1.29, 1.82) is 5.26 Å². The molecule has 0 saturated carbocycles. The van der Waals surface area contributed by atoms with E-state index in [-0.39, 0.29) is 0 Å². The zero-order valence-electron chi connectivity index (χ0n) is 9.32. The van der Waals surface area contributed by atoms with E-state index in [1.807, 2.05) is 6.07 Å². The van der Waals surface area contributed by atoms with Gasteiger partial charge in [-0.15, -0.1) is 0 Å². The van der Waals surface area contributed by atoms with Gasteiger partial charge in [0.15, 0.2) is 0 Å². The van der Waals surface area contributed by atoms with E-state index in [1.165, 1.54) is 14.2 Å². The normalized spacial score (nSPS) is 10.0. The number of ether oxygens (including phenoxy) is 2. The SMILES string of the molecule is COc1cc(OC)c2nc(C#N)ccc2c1Cl. The molecule has 0 unspecified atom stereocenters. The first-order chi connectivity index (χ1) is 8.21. The Morgan fingerprint density at radius 1 is 1.24 bits per heavy atom. The highest BCUT2D eigenvalue weighted by Gasteiger charge is 2.13. The van der Waals surface area contributed by atoms with Crippen LogP contribution in [0.25, 0.3) is 10.9 Å². The second-order valence-electron chi connectivity index (χ2n) is 3.30. The van der Waals surface area contributed by atoms with Crippen molar-refractivity contribution in [1.82, 2.24) is 4.98 Å². The van der Waals surface area contributed by atoms with Crippen LogP contribution in [0, 0.1) is 11.3 Å². The summed E-state index contributed by atoms with van der Waals surface area (Å²) in [4.78, 5) is 4.17. The highest BCUT2D eigenvalue weighted by Crippen LogP contribution is 2.38. The molecule has 0 amide bonds. The number of nitriles is 1. The van der Waals surface area contributed by atoms with E-state index in [1.54, 1.807) is 18.2 Å². The standard InChI is InChI=1S/C12H9ClN2O2/c1-16-9-5-10(17-2)12-8(11(9)13)4-3-7(6-14)15-12/h3-5H,1-2H3. The van der Waals surface area contributed by atoms with Crippen molar-refractivity contribution in [3.63, 3.8) is 0 Å². The van der Waals surface area contributed by atoms with Gasteiger partial charge in [-0.1, -0.05) is 11.6 Å². The molecule has 0 aliphatic heterocycles. The van der Waals surface area contributed by atoms with Gasteiger partial charge in [-0.2, -0.15) is 5.26 Å². The Bertz CT molecular complexity index is 620. The molecule has 1 aromatic carbocycles. The summed E-state index contributed by atoms with van der Waals surface area (Å²) in [6, 6.07) is 6.96. The van der Waals surface area contributed by atoms with Crippen molar-refractivity contribution in [2.75, 3.05) is 14.2 Å². The number of halogens is 1. The predicted molar refractivity (Wildman–Crippen MR) is 64.6 cm³/mol. The Morgan fingerprint density at radius 2 is 1.94 bits per heavy atom. The minimum atomic E-state index is 0.317. The highest BCUT2D eigenvalue weighted by atomic mass is 35.5. The van der Waals surface area contributed by atoms with Gasteiger partial charge in [0, 0.05) is 11.5 Å². The third-order valence-corrected chi connectivity index (χ3v) is 2.79. The Hall–Kier alpha value is -1.99. The number of methoxy groups -OCH3 is 2. The molecule has 2 aromatic rings. The summed E-state index contributed by atoms with van der Waals surface area (Å²) >= 11 is 6.16. The van der Waals surface area contributed by atoms with E-state index < -0.39 is 0 Å². The average Bonchev–Trinajstić information content (AvgIpc) is 2.39. The molecule has 0 N–H and O–H groups in total. The van der Waals surface area contributed by atoms with Crippen LogP contribution in [0.4, 0.5) is 0 Å². The van der Waals surface area contributed by atoms with Crippen LogP contribution in [0.3, 0.4) is 0 Å². The van der Waals surface area contributed by atoms with E-state index in [2.05, 4.69) is 4.98 Å². The fourth-order valence-corrected chi connectivity index (χ4v) is 1.86. The van der Waals surface area contributed by atoms with E-state index >= 15 is 0 Å². The van der Waals surface area contributed by atoms with Gasteiger partial charge in [-0.25, -0.2) is 4.98 Å². The van der Waals surface area contributed by atoms with Gasteiger partial charge in [0.25, 0.3) is 0 Å². The van der Waals surface area contributed by atoms with Crippen LogP contribution in [0.15, 0.2) is 18.2 Å². The second kappa shape index (κ2) is 4.48. The molecule has 0 saturated heterocycles. The molecule has 0 aliphatic rings. The first-order valence-electron chi connectivity index (χ1n) is 4.82. The maximum atomic E-state index is 8.82. The molecule has 5 heteroatoms. The van der Waals surface area contributed by atoms with Crippen LogP contribution in [-0.4, -0.2) is 19.2 Å². The van der Waals surface area contributed by atoms with Crippen molar-refractivity contribution in [2.24, 2.45) is 0 Å². The minimum absolute atomic E-state index is 0.317. The summed E-state index contributed by atoms with van der Waals surface area (Å²) in [6.07, 6.45) is 0. The molecular weight excluding hydrogens is 240 g/mol. The van der Waals surface area contributed by atoms with Crippen LogP contribution < -0.4 is 9.47 Å². The monoisotopic (exact) mass is 248 g/mol. The molecular formula is C12H9ClN2O2. The van der Waals surface area contributed by atoms with Crippen LogP contribution >= 0.6 is 11.6 Å². The number of rotatable bonds is 2. The van der Waals surface area contributed by atoms with Crippen LogP contribution in [0.2, 0.25) is 5.02 Å². The van der Waals surface area contributed by atoms with Gasteiger partial charge in [0.1, 0.15) is 28.8 Å². The predicted octanol–water partition coefficient (Wildman–Crippen LogP) is 2.78. The van der Waals surface area contributed by atoms with E-state index in [0.29, 0.717) is 33.1 Å². The number of aromatic nitrogens is 1. The van der Waals surface area contributed by atoms with Gasteiger partial charge >= 0.3 is 0 Å². The number of fused-ring (bicyclic) bond motifs is 1. The summed E-state index contributed by atoms with van der Waals surface area (Å²) in [7, 11) is 3.06.